The molecule has 0 fully saturated rings. The third kappa shape index (κ3) is 216. The minimum Gasteiger partial charge on any atom is -1.00 e. The maximum atomic E-state index is 0. The van der Waals surface area contributed by atoms with E-state index in [0.29, 0.717) is 0 Å². The van der Waals surface area contributed by atoms with Gasteiger partial charge in [-0.1, -0.05) is 0 Å². The van der Waals surface area contributed by atoms with Gasteiger partial charge in [0.15, 0.2) is 0 Å². The molecule has 0 aliphatic rings. The average Bonchev–Trinajstić information content (AvgIpc) is 0. The molecule has 6 N–H and O–H groups in total. The van der Waals surface area contributed by atoms with Gasteiger partial charge in [0.25, 0.3) is 0 Å². The zero-order valence-electron chi connectivity index (χ0n) is 2.23. The van der Waals surface area contributed by atoms with Crippen molar-refractivity contribution in [3.05, 3.63) is 0 Å². The van der Waals surface area contributed by atoms with E-state index in [-0.39, 0.29) is 38.2 Å². The third-order valence-electron chi connectivity index (χ3n) is 0. The third-order valence-corrected chi connectivity index (χ3v) is 0. The summed E-state index contributed by atoms with van der Waals surface area (Å²) in [5, 5.41) is 0. The minimum absolute atomic E-state index is 0. The predicted octanol–water partition coefficient (Wildman–Crippen LogP) is -5.47. The zero-order valence-corrected chi connectivity index (χ0v) is 3.34. The first-order chi connectivity index (χ1) is 0. The fourth-order valence-corrected chi connectivity index (χ4v) is 0. The van der Waals surface area contributed by atoms with Gasteiger partial charge in [-0.25, -0.2) is 0 Å². The number of rotatable bonds is 0. The van der Waals surface area contributed by atoms with Gasteiger partial charge in [0.1, 0.15) is 0 Å². The van der Waals surface area contributed by atoms with Gasteiger partial charge in [-0.05, 0) is 0 Å². The van der Waals surface area contributed by atoms with Gasteiger partial charge >= 0.3 is 17.1 Å². The first-order valence-corrected chi connectivity index (χ1v) is 0. The van der Waals surface area contributed by atoms with E-state index < -0.39 is 0 Å². The van der Waals surface area contributed by atoms with Crippen molar-refractivity contribution in [2.45, 2.75) is 0 Å². The zero-order chi connectivity index (χ0) is 0. The molecule has 0 saturated heterocycles. The predicted molar refractivity (Wildman–Crippen MR) is 10.8 cm³/mol. The molecule has 0 rings (SSSR count). The molecule has 0 spiro atoms. The second-order valence-electron chi connectivity index (χ2n) is 0. The molecule has 0 unspecified atom stereocenters. The van der Waals surface area contributed by atoms with E-state index in [1.54, 1.807) is 0 Å². The van der Waals surface area contributed by atoms with Crippen LogP contribution in [-0.2, 0) is 17.1 Å². The molecule has 3 nitrogen and oxygen atoms in total. The molecule has 0 aromatic heterocycles. The summed E-state index contributed by atoms with van der Waals surface area (Å²) >= 11 is 0. The molecule has 0 aromatic carbocycles. The quantitative estimate of drug-likeness (QED) is 0.292. The Hall–Kier alpha value is 0.329. The van der Waals surface area contributed by atoms with E-state index in [1.165, 1.54) is 0 Å². The van der Waals surface area contributed by atoms with Crippen LogP contribution in [0.4, 0.5) is 0 Å². The molecule has 0 bridgehead atoms. The van der Waals surface area contributed by atoms with Crippen LogP contribution in [0, 0.1) is 0 Å². The number of hydrogen-bond donors (Lipinski definition) is 0. The van der Waals surface area contributed by atoms with E-state index in [2.05, 4.69) is 0 Å². The molecule has 5 heavy (non-hydrogen) atoms. The molecular formula is H6FFeO3+2. The van der Waals surface area contributed by atoms with E-state index in [0.717, 1.165) is 0 Å². The van der Waals surface area contributed by atoms with Crippen molar-refractivity contribution in [1.29, 1.82) is 0 Å². The normalized spacial score (nSPS) is 0. The standard InChI is InChI=1S/FH.Fe.3H2O/h1H;;3*1H2/q;+3;;;/p-1. The Morgan fingerprint density at radius 3 is 0.600 bits per heavy atom. The van der Waals surface area contributed by atoms with E-state index in [4.69, 9.17) is 0 Å². The largest absolute Gasteiger partial charge is 3.00 e. The van der Waals surface area contributed by atoms with Gasteiger partial charge in [-0.2, -0.15) is 0 Å². The molecule has 0 aliphatic heterocycles. The van der Waals surface area contributed by atoms with Crippen LogP contribution in [0.25, 0.3) is 0 Å². The molecule has 0 heterocycles. The average molecular weight is 129 g/mol. The second kappa shape index (κ2) is 442. The summed E-state index contributed by atoms with van der Waals surface area (Å²) < 4.78 is 0. The summed E-state index contributed by atoms with van der Waals surface area (Å²) in [6.45, 7) is 0. The van der Waals surface area contributed by atoms with Gasteiger partial charge in [0, 0.05) is 0 Å². The maximum absolute atomic E-state index is 0. The molecule has 0 aromatic rings. The van der Waals surface area contributed by atoms with Crippen molar-refractivity contribution in [3.8, 4) is 0 Å². The summed E-state index contributed by atoms with van der Waals surface area (Å²) in [6, 6.07) is 0. The molecule has 0 aliphatic carbocycles. The molecular weight excluding hydrogens is 123 g/mol. The Kier molecular flexibility index (Phi) is 81400. The number of halogens is 1. The van der Waals surface area contributed by atoms with Gasteiger partial charge in [0.2, 0.25) is 0 Å². The molecule has 0 saturated carbocycles. The second-order valence-corrected chi connectivity index (χ2v) is 0. The minimum atomic E-state index is 0. The summed E-state index contributed by atoms with van der Waals surface area (Å²) in [6.07, 6.45) is 0. The van der Waals surface area contributed by atoms with Gasteiger partial charge < -0.3 is 21.1 Å². The molecule has 37 valence electrons. The molecule has 0 atom stereocenters. The Bertz CT molecular complexity index is 6.85. The first kappa shape index (κ1) is 920. The maximum Gasteiger partial charge on any atom is 3.00 e. The smallest absolute Gasteiger partial charge is 1.00 e. The van der Waals surface area contributed by atoms with Crippen molar-refractivity contribution >= 4 is 0 Å². The van der Waals surface area contributed by atoms with Crippen molar-refractivity contribution in [2.75, 3.05) is 0 Å². The van der Waals surface area contributed by atoms with Crippen molar-refractivity contribution < 1.29 is 38.2 Å². The van der Waals surface area contributed by atoms with Crippen LogP contribution in [0.15, 0.2) is 0 Å². The van der Waals surface area contributed by atoms with Crippen LogP contribution in [-0.4, -0.2) is 16.4 Å². The topological polar surface area (TPSA) is 94.5 Å². The number of hydrogen-bond acceptors (Lipinski definition) is 0. The first-order valence-electron chi connectivity index (χ1n) is 0. The van der Waals surface area contributed by atoms with Crippen molar-refractivity contribution in [3.63, 3.8) is 0 Å². The van der Waals surface area contributed by atoms with E-state index >= 15 is 0 Å². The van der Waals surface area contributed by atoms with Crippen LogP contribution in [0.3, 0.4) is 0 Å². The monoisotopic (exact) mass is 129 g/mol. The van der Waals surface area contributed by atoms with Crippen LogP contribution in [0.2, 0.25) is 0 Å². The molecule has 5 heteroatoms. The fourth-order valence-electron chi connectivity index (χ4n) is 0. The van der Waals surface area contributed by atoms with E-state index in [1.807, 2.05) is 0 Å². The van der Waals surface area contributed by atoms with Gasteiger partial charge in [0.05, 0.1) is 0 Å². The van der Waals surface area contributed by atoms with Crippen molar-refractivity contribution in [2.24, 2.45) is 0 Å². The van der Waals surface area contributed by atoms with Crippen LogP contribution in [0.1, 0.15) is 0 Å². The van der Waals surface area contributed by atoms with Crippen LogP contribution in [0.5, 0.6) is 0 Å². The Morgan fingerprint density at radius 2 is 0.600 bits per heavy atom. The van der Waals surface area contributed by atoms with Crippen molar-refractivity contribution in [1.82, 2.24) is 0 Å². The Balaban J connectivity index is 0. The van der Waals surface area contributed by atoms with Crippen LogP contribution < -0.4 is 4.70 Å². The molecule has 0 amide bonds. The van der Waals surface area contributed by atoms with E-state index in [9.17, 15) is 0 Å². The Morgan fingerprint density at radius 1 is 0.600 bits per heavy atom. The summed E-state index contributed by atoms with van der Waals surface area (Å²) in [4.78, 5) is 0. The molecule has 1 radical (unpaired) electrons. The fraction of sp³-hybridized carbons (Fsp3) is 0. The SMILES string of the molecule is O.O.O.[F-].[Fe+3]. The van der Waals surface area contributed by atoms with Gasteiger partial charge in [-0.3, -0.25) is 0 Å². The van der Waals surface area contributed by atoms with Crippen LogP contribution >= 0.6 is 0 Å². The Labute approximate surface area is 39.1 Å². The summed E-state index contributed by atoms with van der Waals surface area (Å²) in [7, 11) is 0. The van der Waals surface area contributed by atoms with Gasteiger partial charge in [-0.15, -0.1) is 0 Å². The summed E-state index contributed by atoms with van der Waals surface area (Å²) in [5.41, 5.74) is 0. The summed E-state index contributed by atoms with van der Waals surface area (Å²) in [5.74, 6) is 0.